The molecule has 1 aliphatic rings. The molecule has 0 unspecified atom stereocenters. The minimum Gasteiger partial charge on any atom is -0.371 e. The Morgan fingerprint density at radius 3 is 2.77 bits per heavy atom. The Bertz CT molecular complexity index is 666. The Kier molecular flexibility index (Phi) is 5.21. The summed E-state index contributed by atoms with van der Waals surface area (Å²) in [4.78, 5) is 6.64. The standard InChI is InChI=1S/C16H15Cl3N2O/c17-13-5-4-11(8-14(13)18)15-10-21(6-7-22-15)9-12-2-1-3-16(19)20-12/h1-5,8,15H,6-7,9-10H2/t15-/m0/s1. The van der Waals surface area contributed by atoms with Gasteiger partial charge in [0.25, 0.3) is 0 Å². The molecule has 0 bridgehead atoms. The second-order valence-electron chi connectivity index (χ2n) is 5.22. The first-order valence-corrected chi connectivity index (χ1v) is 8.15. The van der Waals surface area contributed by atoms with Crippen molar-refractivity contribution >= 4 is 34.8 Å². The molecule has 2 heterocycles. The SMILES string of the molecule is Clc1cccc(CN2CCO[C@H](c3ccc(Cl)c(Cl)c3)C2)n1. The van der Waals surface area contributed by atoms with Crippen LogP contribution in [0.3, 0.4) is 0 Å². The maximum atomic E-state index is 6.09. The summed E-state index contributed by atoms with van der Waals surface area (Å²) >= 11 is 18.0. The van der Waals surface area contributed by atoms with Gasteiger partial charge in [0.05, 0.1) is 28.5 Å². The van der Waals surface area contributed by atoms with E-state index in [4.69, 9.17) is 39.5 Å². The van der Waals surface area contributed by atoms with Crippen LogP contribution < -0.4 is 0 Å². The van der Waals surface area contributed by atoms with E-state index >= 15 is 0 Å². The van der Waals surface area contributed by atoms with Gasteiger partial charge in [0.2, 0.25) is 0 Å². The van der Waals surface area contributed by atoms with Gasteiger partial charge >= 0.3 is 0 Å². The Morgan fingerprint density at radius 1 is 1.14 bits per heavy atom. The average molecular weight is 358 g/mol. The molecule has 0 aliphatic carbocycles. The summed E-state index contributed by atoms with van der Waals surface area (Å²) in [6.07, 6.45) is -0.0114. The predicted octanol–water partition coefficient (Wildman–Crippen LogP) is 4.62. The van der Waals surface area contributed by atoms with Crippen molar-refractivity contribution in [2.45, 2.75) is 12.6 Å². The first kappa shape index (κ1) is 16.0. The maximum Gasteiger partial charge on any atom is 0.129 e. The summed E-state index contributed by atoms with van der Waals surface area (Å²) in [5, 5.41) is 1.63. The van der Waals surface area contributed by atoms with Gasteiger partial charge in [-0.1, -0.05) is 46.9 Å². The van der Waals surface area contributed by atoms with Crippen LogP contribution in [0.25, 0.3) is 0 Å². The van der Waals surface area contributed by atoms with E-state index in [0.717, 1.165) is 30.9 Å². The van der Waals surface area contributed by atoms with Crippen LogP contribution in [-0.4, -0.2) is 29.6 Å². The lowest BCUT2D eigenvalue weighted by molar-refractivity contribution is -0.0332. The summed E-state index contributed by atoms with van der Waals surface area (Å²) < 4.78 is 5.86. The highest BCUT2D eigenvalue weighted by atomic mass is 35.5. The molecular formula is C16H15Cl3N2O. The summed E-state index contributed by atoms with van der Waals surface area (Å²) in [5.74, 6) is 0. The second-order valence-corrected chi connectivity index (χ2v) is 6.42. The van der Waals surface area contributed by atoms with E-state index in [1.807, 2.05) is 24.3 Å². The van der Waals surface area contributed by atoms with Crippen molar-refractivity contribution in [2.75, 3.05) is 19.7 Å². The van der Waals surface area contributed by atoms with Crippen LogP contribution in [0, 0.1) is 0 Å². The van der Waals surface area contributed by atoms with E-state index in [0.29, 0.717) is 21.8 Å². The van der Waals surface area contributed by atoms with Crippen molar-refractivity contribution in [1.29, 1.82) is 0 Å². The van der Waals surface area contributed by atoms with E-state index in [9.17, 15) is 0 Å². The van der Waals surface area contributed by atoms with E-state index in [2.05, 4.69) is 9.88 Å². The van der Waals surface area contributed by atoms with Crippen LogP contribution >= 0.6 is 34.8 Å². The first-order chi connectivity index (χ1) is 10.6. The minimum absolute atomic E-state index is 0.0114. The number of rotatable bonds is 3. The first-order valence-electron chi connectivity index (χ1n) is 7.02. The normalized spacial score (nSPS) is 19.3. The highest BCUT2D eigenvalue weighted by Gasteiger charge is 2.22. The lowest BCUT2D eigenvalue weighted by Gasteiger charge is -2.33. The highest BCUT2D eigenvalue weighted by Crippen LogP contribution is 2.29. The van der Waals surface area contributed by atoms with Crippen LogP contribution in [0.1, 0.15) is 17.4 Å². The quantitative estimate of drug-likeness (QED) is 0.750. The number of halogens is 3. The largest absolute Gasteiger partial charge is 0.371 e. The Balaban J connectivity index is 1.69. The molecule has 6 heteroatoms. The van der Waals surface area contributed by atoms with Crippen LogP contribution in [0.5, 0.6) is 0 Å². The van der Waals surface area contributed by atoms with Gasteiger partial charge in [-0.3, -0.25) is 4.90 Å². The van der Waals surface area contributed by atoms with E-state index < -0.39 is 0 Å². The molecule has 2 aromatic rings. The third-order valence-electron chi connectivity index (χ3n) is 3.62. The molecule has 1 atom stereocenters. The molecule has 1 aliphatic heterocycles. The summed E-state index contributed by atoms with van der Waals surface area (Å²) in [5.41, 5.74) is 2.00. The molecule has 1 aromatic heterocycles. The van der Waals surface area contributed by atoms with E-state index in [1.165, 1.54) is 0 Å². The molecule has 3 rings (SSSR count). The smallest absolute Gasteiger partial charge is 0.129 e. The highest BCUT2D eigenvalue weighted by molar-refractivity contribution is 6.42. The van der Waals surface area contributed by atoms with Gasteiger partial charge in [-0.25, -0.2) is 4.98 Å². The van der Waals surface area contributed by atoms with Crippen molar-refractivity contribution in [3.05, 3.63) is 62.9 Å². The van der Waals surface area contributed by atoms with Gasteiger partial charge in [0, 0.05) is 19.6 Å². The van der Waals surface area contributed by atoms with Gasteiger partial charge in [-0.05, 0) is 29.8 Å². The third-order valence-corrected chi connectivity index (χ3v) is 4.57. The van der Waals surface area contributed by atoms with Gasteiger partial charge in [-0.2, -0.15) is 0 Å². The topological polar surface area (TPSA) is 25.4 Å². The summed E-state index contributed by atoms with van der Waals surface area (Å²) in [7, 11) is 0. The lowest BCUT2D eigenvalue weighted by Crippen LogP contribution is -2.38. The van der Waals surface area contributed by atoms with Crippen LogP contribution in [-0.2, 0) is 11.3 Å². The molecule has 0 amide bonds. The van der Waals surface area contributed by atoms with Gasteiger partial charge in [0.15, 0.2) is 0 Å². The Labute approximate surface area is 144 Å². The fourth-order valence-electron chi connectivity index (χ4n) is 2.53. The Hall–Kier alpha value is -0.840. The van der Waals surface area contributed by atoms with Crippen molar-refractivity contribution < 1.29 is 4.74 Å². The van der Waals surface area contributed by atoms with Crippen molar-refractivity contribution in [1.82, 2.24) is 9.88 Å². The van der Waals surface area contributed by atoms with Gasteiger partial charge < -0.3 is 4.74 Å². The second kappa shape index (κ2) is 7.16. The number of benzene rings is 1. The zero-order chi connectivity index (χ0) is 15.5. The zero-order valence-electron chi connectivity index (χ0n) is 11.8. The van der Waals surface area contributed by atoms with Gasteiger partial charge in [0.1, 0.15) is 5.15 Å². The number of ether oxygens (including phenoxy) is 1. The number of hydrogen-bond donors (Lipinski definition) is 0. The zero-order valence-corrected chi connectivity index (χ0v) is 14.1. The molecule has 0 saturated carbocycles. The molecule has 0 N–H and O–H groups in total. The van der Waals surface area contributed by atoms with Crippen LogP contribution in [0.15, 0.2) is 36.4 Å². The third kappa shape index (κ3) is 3.92. The minimum atomic E-state index is -0.0114. The fourth-order valence-corrected chi connectivity index (χ4v) is 3.02. The number of morpholine rings is 1. The molecule has 1 aromatic carbocycles. The molecule has 0 radical (unpaired) electrons. The molecule has 22 heavy (non-hydrogen) atoms. The van der Waals surface area contributed by atoms with Crippen molar-refractivity contribution in [3.63, 3.8) is 0 Å². The Morgan fingerprint density at radius 2 is 2.00 bits per heavy atom. The van der Waals surface area contributed by atoms with Crippen LogP contribution in [0.2, 0.25) is 15.2 Å². The predicted molar refractivity (Wildman–Crippen MR) is 89.7 cm³/mol. The monoisotopic (exact) mass is 356 g/mol. The molecule has 0 spiro atoms. The number of aromatic nitrogens is 1. The molecule has 3 nitrogen and oxygen atoms in total. The van der Waals surface area contributed by atoms with Crippen LogP contribution in [0.4, 0.5) is 0 Å². The molecule has 1 saturated heterocycles. The number of hydrogen-bond acceptors (Lipinski definition) is 3. The molecule has 1 fully saturated rings. The summed E-state index contributed by atoms with van der Waals surface area (Å²) in [6.45, 7) is 3.07. The summed E-state index contributed by atoms with van der Waals surface area (Å²) in [6, 6.07) is 11.3. The lowest BCUT2D eigenvalue weighted by atomic mass is 10.1. The average Bonchev–Trinajstić information content (AvgIpc) is 2.50. The number of nitrogens with zero attached hydrogens (tertiary/aromatic N) is 2. The molecular weight excluding hydrogens is 343 g/mol. The van der Waals surface area contributed by atoms with Crippen molar-refractivity contribution in [2.24, 2.45) is 0 Å². The number of pyridine rings is 1. The van der Waals surface area contributed by atoms with E-state index in [1.54, 1.807) is 12.1 Å². The maximum absolute atomic E-state index is 6.09. The van der Waals surface area contributed by atoms with E-state index in [-0.39, 0.29) is 6.10 Å². The fraction of sp³-hybridized carbons (Fsp3) is 0.312. The van der Waals surface area contributed by atoms with Gasteiger partial charge in [-0.15, -0.1) is 0 Å². The van der Waals surface area contributed by atoms with Crippen molar-refractivity contribution in [3.8, 4) is 0 Å². The molecule has 116 valence electrons.